The molecule has 3 rings (SSSR count). The van der Waals surface area contributed by atoms with Crippen LogP contribution in [0.4, 0.5) is 5.69 Å². The second kappa shape index (κ2) is 4.24. The van der Waals surface area contributed by atoms with Crippen LogP contribution in [-0.4, -0.2) is 25.9 Å². The Kier molecular flexibility index (Phi) is 2.56. The molecule has 1 amide bonds. The molecule has 2 N–H and O–H groups in total. The van der Waals surface area contributed by atoms with E-state index in [1.807, 2.05) is 20.0 Å². The van der Waals surface area contributed by atoms with Gasteiger partial charge in [-0.15, -0.1) is 0 Å². The van der Waals surface area contributed by atoms with Crippen LogP contribution in [0.25, 0.3) is 10.9 Å². The number of rotatable bonds is 2. The largest absolute Gasteiger partial charge is 0.319 e. The topological polar surface area (TPSA) is 75.6 Å². The van der Waals surface area contributed by atoms with Crippen LogP contribution in [0.2, 0.25) is 0 Å². The number of amides is 1. The molecule has 0 aliphatic heterocycles. The molecule has 0 fully saturated rings. The Bertz CT molecular complexity index is 755. The van der Waals surface area contributed by atoms with Crippen molar-refractivity contribution in [1.82, 2.24) is 20.0 Å². The number of fused-ring (bicyclic) bond motifs is 1. The molecule has 2 heterocycles. The Balaban J connectivity index is 1.89. The van der Waals surface area contributed by atoms with Crippen molar-refractivity contribution in [3.8, 4) is 0 Å². The number of aromatic amines is 1. The van der Waals surface area contributed by atoms with Crippen molar-refractivity contribution < 1.29 is 4.79 Å². The lowest BCUT2D eigenvalue weighted by molar-refractivity contribution is 0.102. The standard InChI is InChI=1S/C13H13N5O/c1-8-12(7-18(2)17-8)15-13(19)9-3-4-10-6-14-16-11(10)5-9/h3-7H,1-2H3,(H,14,16)(H,15,19). The second-order valence-electron chi connectivity index (χ2n) is 4.43. The van der Waals surface area contributed by atoms with Gasteiger partial charge >= 0.3 is 0 Å². The van der Waals surface area contributed by atoms with Gasteiger partial charge in [0.1, 0.15) is 0 Å². The van der Waals surface area contributed by atoms with Gasteiger partial charge in [-0.05, 0) is 19.1 Å². The lowest BCUT2D eigenvalue weighted by Crippen LogP contribution is -2.12. The minimum Gasteiger partial charge on any atom is -0.319 e. The van der Waals surface area contributed by atoms with Gasteiger partial charge in [0.05, 0.1) is 23.1 Å². The third kappa shape index (κ3) is 2.08. The number of carbonyl (C=O) groups is 1. The summed E-state index contributed by atoms with van der Waals surface area (Å²) in [6.07, 6.45) is 3.50. The molecule has 19 heavy (non-hydrogen) atoms. The quantitative estimate of drug-likeness (QED) is 0.733. The van der Waals surface area contributed by atoms with Gasteiger partial charge in [-0.1, -0.05) is 6.07 Å². The Labute approximate surface area is 109 Å². The first-order valence-electron chi connectivity index (χ1n) is 5.88. The number of benzene rings is 1. The fraction of sp³-hybridized carbons (Fsp3) is 0.154. The van der Waals surface area contributed by atoms with Crippen molar-refractivity contribution >= 4 is 22.5 Å². The highest BCUT2D eigenvalue weighted by Gasteiger charge is 2.10. The Morgan fingerprint density at radius 1 is 1.42 bits per heavy atom. The predicted octanol–water partition coefficient (Wildman–Crippen LogP) is 1.86. The van der Waals surface area contributed by atoms with Crippen molar-refractivity contribution in [2.45, 2.75) is 6.92 Å². The van der Waals surface area contributed by atoms with Crippen LogP contribution in [0.1, 0.15) is 16.1 Å². The molecule has 1 aromatic carbocycles. The molecule has 0 saturated carbocycles. The molecule has 0 saturated heterocycles. The second-order valence-corrected chi connectivity index (χ2v) is 4.43. The number of anilines is 1. The summed E-state index contributed by atoms with van der Waals surface area (Å²) in [5, 5.41) is 14.8. The van der Waals surface area contributed by atoms with Crippen LogP contribution in [0.15, 0.2) is 30.6 Å². The molecule has 0 unspecified atom stereocenters. The van der Waals surface area contributed by atoms with E-state index < -0.39 is 0 Å². The van der Waals surface area contributed by atoms with E-state index in [1.165, 1.54) is 0 Å². The van der Waals surface area contributed by atoms with Crippen LogP contribution in [-0.2, 0) is 7.05 Å². The van der Waals surface area contributed by atoms with Crippen LogP contribution < -0.4 is 5.32 Å². The summed E-state index contributed by atoms with van der Waals surface area (Å²) in [4.78, 5) is 12.2. The molecule has 0 bridgehead atoms. The van der Waals surface area contributed by atoms with E-state index in [9.17, 15) is 4.79 Å². The summed E-state index contributed by atoms with van der Waals surface area (Å²) >= 11 is 0. The zero-order valence-corrected chi connectivity index (χ0v) is 10.6. The molecule has 0 aliphatic carbocycles. The third-order valence-corrected chi connectivity index (χ3v) is 2.97. The van der Waals surface area contributed by atoms with Crippen LogP contribution in [0.3, 0.4) is 0 Å². The van der Waals surface area contributed by atoms with Gasteiger partial charge < -0.3 is 5.32 Å². The lowest BCUT2D eigenvalue weighted by Gasteiger charge is -2.03. The summed E-state index contributed by atoms with van der Waals surface area (Å²) < 4.78 is 1.67. The third-order valence-electron chi connectivity index (χ3n) is 2.97. The van der Waals surface area contributed by atoms with Crippen molar-refractivity contribution in [3.05, 3.63) is 41.9 Å². The summed E-state index contributed by atoms with van der Waals surface area (Å²) in [6.45, 7) is 1.85. The molecule has 6 heteroatoms. The summed E-state index contributed by atoms with van der Waals surface area (Å²) in [6, 6.07) is 5.42. The number of hydrogen-bond acceptors (Lipinski definition) is 3. The molecule has 0 aliphatic rings. The first-order chi connectivity index (χ1) is 9.13. The number of aryl methyl sites for hydroxylation is 2. The Morgan fingerprint density at radius 3 is 3.00 bits per heavy atom. The molecule has 6 nitrogen and oxygen atoms in total. The number of H-pyrrole nitrogens is 1. The smallest absolute Gasteiger partial charge is 0.255 e. The van der Waals surface area contributed by atoms with Crippen LogP contribution in [0, 0.1) is 6.92 Å². The van der Waals surface area contributed by atoms with Crippen molar-refractivity contribution in [3.63, 3.8) is 0 Å². The van der Waals surface area contributed by atoms with Crippen molar-refractivity contribution in [1.29, 1.82) is 0 Å². The maximum atomic E-state index is 12.2. The van der Waals surface area contributed by atoms with Crippen LogP contribution in [0.5, 0.6) is 0 Å². The summed E-state index contributed by atoms with van der Waals surface area (Å²) in [7, 11) is 1.82. The molecule has 0 radical (unpaired) electrons. The lowest BCUT2D eigenvalue weighted by atomic mass is 10.1. The number of hydrogen-bond donors (Lipinski definition) is 2. The van der Waals surface area contributed by atoms with Crippen molar-refractivity contribution in [2.24, 2.45) is 7.05 Å². The average Bonchev–Trinajstić information content (AvgIpc) is 2.95. The molecule has 3 aromatic rings. The fourth-order valence-corrected chi connectivity index (χ4v) is 2.00. The van der Waals surface area contributed by atoms with Crippen LogP contribution >= 0.6 is 0 Å². The Hall–Kier alpha value is -2.63. The molecule has 0 atom stereocenters. The van der Waals surface area contributed by atoms with E-state index in [4.69, 9.17) is 0 Å². The highest BCUT2D eigenvalue weighted by Crippen LogP contribution is 2.16. The van der Waals surface area contributed by atoms with Gasteiger partial charge in [0.25, 0.3) is 5.91 Å². The minimum absolute atomic E-state index is 0.160. The van der Waals surface area contributed by atoms with Gasteiger partial charge in [0.15, 0.2) is 0 Å². The number of carbonyl (C=O) groups excluding carboxylic acids is 1. The average molecular weight is 255 g/mol. The number of aromatic nitrogens is 4. The first kappa shape index (κ1) is 11.5. The molecule has 2 aromatic heterocycles. The zero-order valence-electron chi connectivity index (χ0n) is 10.6. The van der Waals surface area contributed by atoms with Gasteiger partial charge in [0, 0.05) is 24.2 Å². The van der Waals surface area contributed by atoms with Gasteiger partial charge in [-0.2, -0.15) is 10.2 Å². The van der Waals surface area contributed by atoms with Gasteiger partial charge in [-0.25, -0.2) is 0 Å². The van der Waals surface area contributed by atoms with Crippen molar-refractivity contribution in [2.75, 3.05) is 5.32 Å². The molecule has 0 spiro atoms. The number of nitrogens with zero attached hydrogens (tertiary/aromatic N) is 3. The molecule has 96 valence electrons. The fourth-order valence-electron chi connectivity index (χ4n) is 2.00. The highest BCUT2D eigenvalue weighted by molar-refractivity contribution is 6.06. The molecular formula is C13H13N5O. The van der Waals surface area contributed by atoms with Gasteiger partial charge in [0.2, 0.25) is 0 Å². The van der Waals surface area contributed by atoms with E-state index in [0.29, 0.717) is 5.56 Å². The maximum Gasteiger partial charge on any atom is 0.255 e. The SMILES string of the molecule is Cc1nn(C)cc1NC(=O)c1ccc2cn[nH]c2c1. The maximum absolute atomic E-state index is 12.2. The minimum atomic E-state index is -0.160. The van der Waals surface area contributed by atoms with E-state index >= 15 is 0 Å². The monoisotopic (exact) mass is 255 g/mol. The van der Waals surface area contributed by atoms with E-state index in [-0.39, 0.29) is 5.91 Å². The number of nitrogens with one attached hydrogen (secondary N) is 2. The summed E-state index contributed by atoms with van der Waals surface area (Å²) in [5.41, 5.74) is 2.94. The zero-order chi connectivity index (χ0) is 13.4. The van der Waals surface area contributed by atoms with Gasteiger partial charge in [-0.3, -0.25) is 14.6 Å². The Morgan fingerprint density at radius 2 is 2.26 bits per heavy atom. The molecular weight excluding hydrogens is 242 g/mol. The van der Waals surface area contributed by atoms with E-state index in [2.05, 4.69) is 20.6 Å². The van der Waals surface area contributed by atoms with E-state index in [1.54, 1.807) is 29.2 Å². The normalized spacial score (nSPS) is 10.8. The van der Waals surface area contributed by atoms with E-state index in [0.717, 1.165) is 22.3 Å². The predicted molar refractivity (Wildman–Crippen MR) is 72.0 cm³/mol. The summed E-state index contributed by atoms with van der Waals surface area (Å²) in [5.74, 6) is -0.160. The highest BCUT2D eigenvalue weighted by atomic mass is 16.1. The first-order valence-corrected chi connectivity index (χ1v) is 5.88.